The molecule has 0 unspecified atom stereocenters. The van der Waals surface area contributed by atoms with Crippen LogP contribution in [-0.2, 0) is 25.6 Å². The number of hydrogen-bond acceptors (Lipinski definition) is 8. The highest BCUT2D eigenvalue weighted by molar-refractivity contribution is 5.80. The number of nitrogens with one attached hydrogen (secondary N) is 1. The fourth-order valence-corrected chi connectivity index (χ4v) is 3.97. The van der Waals surface area contributed by atoms with Crippen LogP contribution in [0, 0.1) is 0 Å². The number of ether oxygens (including phenoxy) is 2. The molecule has 1 heterocycles. The summed E-state index contributed by atoms with van der Waals surface area (Å²) in [5.74, 6) is -0.324. The van der Waals surface area contributed by atoms with Gasteiger partial charge in [0, 0.05) is 31.7 Å². The number of rotatable bonds is 13. The summed E-state index contributed by atoms with van der Waals surface area (Å²) in [6.07, 6.45) is 1.82. The fourth-order valence-electron chi connectivity index (χ4n) is 3.97. The number of aromatic nitrogens is 4. The second-order valence-corrected chi connectivity index (χ2v) is 8.67. The first-order valence-corrected chi connectivity index (χ1v) is 12.6. The Kier molecular flexibility index (Phi) is 10.8. The molecular weight excluding hydrogens is 488 g/mol. The maximum absolute atomic E-state index is 13.5. The molecule has 0 radical (unpaired) electrons. The topological polar surface area (TPSA) is 131 Å². The van der Waals surface area contributed by atoms with E-state index >= 15 is 0 Å². The molecule has 0 saturated heterocycles. The van der Waals surface area contributed by atoms with E-state index in [1.54, 1.807) is 4.90 Å². The number of tetrazole rings is 1. The maximum atomic E-state index is 13.5. The summed E-state index contributed by atoms with van der Waals surface area (Å²) in [5, 5.41) is 14.4. The molecule has 11 nitrogen and oxygen atoms in total. The van der Waals surface area contributed by atoms with Gasteiger partial charge in [-0.1, -0.05) is 61.9 Å². The standard InChI is InChI=1S/C27H34N6O5/c1-4-5-16-33(27(36)32(17-14-24(34)37-2)18-15-25(35)38-3)19-20-10-12-21(13-11-20)22-8-6-7-9-23(22)26-28-30-31-29-26/h6-13H,4-5,14-19H2,1-3H3,(H,28,29,30,31). The molecule has 0 fully saturated rings. The van der Waals surface area contributed by atoms with E-state index in [4.69, 9.17) is 9.47 Å². The van der Waals surface area contributed by atoms with Crippen LogP contribution in [0.15, 0.2) is 48.5 Å². The normalized spacial score (nSPS) is 10.6. The second kappa shape index (κ2) is 14.5. The molecule has 0 spiro atoms. The highest BCUT2D eigenvalue weighted by Gasteiger charge is 2.23. The average molecular weight is 523 g/mol. The van der Waals surface area contributed by atoms with E-state index in [2.05, 4.69) is 27.5 Å². The van der Waals surface area contributed by atoms with Crippen molar-refractivity contribution in [1.29, 1.82) is 0 Å². The summed E-state index contributed by atoms with van der Waals surface area (Å²) >= 11 is 0. The quantitative estimate of drug-likeness (QED) is 0.336. The molecule has 0 bridgehead atoms. The third-order valence-electron chi connectivity index (χ3n) is 6.10. The van der Waals surface area contributed by atoms with E-state index in [1.165, 1.54) is 19.1 Å². The molecule has 2 amide bonds. The number of amides is 2. The van der Waals surface area contributed by atoms with Crippen molar-refractivity contribution < 1.29 is 23.9 Å². The number of H-pyrrole nitrogens is 1. The van der Waals surface area contributed by atoms with Gasteiger partial charge in [-0.2, -0.15) is 5.21 Å². The van der Waals surface area contributed by atoms with Crippen LogP contribution in [-0.4, -0.2) is 82.2 Å². The molecule has 11 heteroatoms. The summed E-state index contributed by atoms with van der Waals surface area (Å²) in [6, 6.07) is 15.6. The lowest BCUT2D eigenvalue weighted by molar-refractivity contribution is -0.140. The van der Waals surface area contributed by atoms with Gasteiger partial charge in [-0.05, 0) is 28.3 Å². The zero-order valence-electron chi connectivity index (χ0n) is 22.1. The molecule has 3 aromatic rings. The predicted octanol–water partition coefficient (Wildman–Crippen LogP) is 3.68. The molecular formula is C27H34N6O5. The molecule has 0 saturated carbocycles. The maximum Gasteiger partial charge on any atom is 0.320 e. The minimum absolute atomic E-state index is 0.0412. The summed E-state index contributed by atoms with van der Waals surface area (Å²) in [6.45, 7) is 3.29. The van der Waals surface area contributed by atoms with Crippen LogP contribution in [0.5, 0.6) is 0 Å². The number of hydrogen-bond donors (Lipinski definition) is 1. The Morgan fingerprint density at radius 3 is 2.03 bits per heavy atom. The first kappa shape index (κ1) is 28.3. The molecule has 202 valence electrons. The Morgan fingerprint density at radius 1 is 0.842 bits per heavy atom. The van der Waals surface area contributed by atoms with Crippen molar-refractivity contribution in [2.45, 2.75) is 39.2 Å². The van der Waals surface area contributed by atoms with Crippen molar-refractivity contribution in [1.82, 2.24) is 30.4 Å². The van der Waals surface area contributed by atoms with Gasteiger partial charge in [0.25, 0.3) is 0 Å². The Balaban J connectivity index is 1.78. The Labute approximate surface area is 222 Å². The van der Waals surface area contributed by atoms with Gasteiger partial charge in [-0.15, -0.1) is 10.2 Å². The van der Waals surface area contributed by atoms with Crippen LogP contribution in [0.4, 0.5) is 4.79 Å². The van der Waals surface area contributed by atoms with E-state index in [1.807, 2.05) is 48.5 Å². The third kappa shape index (κ3) is 7.86. The van der Waals surface area contributed by atoms with E-state index in [0.717, 1.165) is 35.1 Å². The lowest BCUT2D eigenvalue weighted by atomic mass is 9.98. The molecule has 0 aliphatic heterocycles. The number of urea groups is 1. The van der Waals surface area contributed by atoms with E-state index in [9.17, 15) is 14.4 Å². The van der Waals surface area contributed by atoms with Gasteiger partial charge in [0.15, 0.2) is 0 Å². The molecule has 0 atom stereocenters. The average Bonchev–Trinajstić information content (AvgIpc) is 3.50. The number of nitrogens with zero attached hydrogens (tertiary/aromatic N) is 5. The van der Waals surface area contributed by atoms with Gasteiger partial charge in [0.1, 0.15) is 0 Å². The Hall–Kier alpha value is -4.28. The summed E-state index contributed by atoms with van der Waals surface area (Å²) in [5.41, 5.74) is 3.77. The van der Waals surface area contributed by atoms with Crippen LogP contribution < -0.4 is 0 Å². The van der Waals surface area contributed by atoms with Crippen molar-refractivity contribution in [2.75, 3.05) is 33.9 Å². The molecule has 38 heavy (non-hydrogen) atoms. The van der Waals surface area contributed by atoms with Crippen LogP contribution in [0.3, 0.4) is 0 Å². The molecule has 1 N–H and O–H groups in total. The smallest absolute Gasteiger partial charge is 0.320 e. The van der Waals surface area contributed by atoms with Crippen LogP contribution in [0.25, 0.3) is 22.5 Å². The van der Waals surface area contributed by atoms with Crippen LogP contribution in [0.2, 0.25) is 0 Å². The van der Waals surface area contributed by atoms with Crippen molar-refractivity contribution >= 4 is 18.0 Å². The van der Waals surface area contributed by atoms with Crippen LogP contribution >= 0.6 is 0 Å². The molecule has 2 aromatic carbocycles. The molecule has 1 aromatic heterocycles. The lowest BCUT2D eigenvalue weighted by Crippen LogP contribution is -2.45. The van der Waals surface area contributed by atoms with Gasteiger partial charge in [-0.25, -0.2) is 4.79 Å². The fraction of sp³-hybridized carbons (Fsp3) is 0.407. The highest BCUT2D eigenvalue weighted by atomic mass is 16.5. The number of methoxy groups -OCH3 is 2. The number of aromatic amines is 1. The number of esters is 2. The van der Waals surface area contributed by atoms with Crippen LogP contribution in [0.1, 0.15) is 38.2 Å². The third-order valence-corrected chi connectivity index (χ3v) is 6.10. The van der Waals surface area contributed by atoms with Gasteiger partial charge >= 0.3 is 18.0 Å². The van der Waals surface area contributed by atoms with Crippen molar-refractivity contribution in [3.8, 4) is 22.5 Å². The van der Waals surface area contributed by atoms with E-state index in [-0.39, 0.29) is 32.0 Å². The summed E-state index contributed by atoms with van der Waals surface area (Å²) in [4.78, 5) is 40.3. The highest BCUT2D eigenvalue weighted by Crippen LogP contribution is 2.30. The van der Waals surface area contributed by atoms with Gasteiger partial charge in [-0.3, -0.25) is 9.59 Å². The second-order valence-electron chi connectivity index (χ2n) is 8.67. The summed E-state index contributed by atoms with van der Waals surface area (Å²) in [7, 11) is 2.61. The molecule has 0 aliphatic rings. The SMILES string of the molecule is CCCCN(Cc1ccc(-c2ccccc2-c2nn[nH]n2)cc1)C(=O)N(CCC(=O)OC)CCC(=O)OC. The van der Waals surface area contributed by atoms with Crippen molar-refractivity contribution in [3.63, 3.8) is 0 Å². The minimum Gasteiger partial charge on any atom is -0.469 e. The molecule has 0 aliphatic carbocycles. The van der Waals surface area contributed by atoms with Gasteiger partial charge in [0.05, 0.1) is 27.1 Å². The Bertz CT molecular complexity index is 1160. The summed E-state index contributed by atoms with van der Waals surface area (Å²) < 4.78 is 9.47. The van der Waals surface area contributed by atoms with E-state index in [0.29, 0.717) is 18.9 Å². The first-order chi connectivity index (χ1) is 18.5. The zero-order chi connectivity index (χ0) is 27.3. The predicted molar refractivity (Wildman–Crippen MR) is 141 cm³/mol. The largest absolute Gasteiger partial charge is 0.469 e. The molecule has 3 rings (SSSR count). The number of unbranched alkanes of at least 4 members (excludes halogenated alkanes) is 1. The van der Waals surface area contributed by atoms with Crippen molar-refractivity contribution in [3.05, 3.63) is 54.1 Å². The monoisotopic (exact) mass is 522 g/mol. The zero-order valence-corrected chi connectivity index (χ0v) is 22.1. The Morgan fingerprint density at radius 2 is 1.47 bits per heavy atom. The number of benzene rings is 2. The minimum atomic E-state index is -0.419. The number of carbonyl (C=O) groups is 3. The first-order valence-electron chi connectivity index (χ1n) is 12.6. The van der Waals surface area contributed by atoms with Gasteiger partial charge in [0.2, 0.25) is 5.82 Å². The van der Waals surface area contributed by atoms with Crippen molar-refractivity contribution in [2.24, 2.45) is 0 Å². The van der Waals surface area contributed by atoms with Gasteiger partial charge < -0.3 is 19.3 Å². The lowest BCUT2D eigenvalue weighted by Gasteiger charge is -2.30. The van der Waals surface area contributed by atoms with E-state index < -0.39 is 11.9 Å². The number of carbonyl (C=O) groups excluding carboxylic acids is 3.